The smallest absolute Gasteiger partial charge is 0.183 e. The average Bonchev–Trinajstić information content (AvgIpc) is 2.02. The van der Waals surface area contributed by atoms with E-state index in [1.165, 1.54) is 18.2 Å². The zero-order valence-electron chi connectivity index (χ0n) is 8.41. The van der Waals surface area contributed by atoms with Crippen LogP contribution in [0, 0.1) is 5.82 Å². The van der Waals surface area contributed by atoms with Gasteiger partial charge < -0.3 is 0 Å². The van der Waals surface area contributed by atoms with Crippen LogP contribution in [0.5, 0.6) is 0 Å². The molecule has 0 aliphatic carbocycles. The predicted octanol–water partition coefficient (Wildman–Crippen LogP) is 2.40. The Hall–Kier alpha value is -0.900. The summed E-state index contributed by atoms with van der Waals surface area (Å²) in [7, 11) is -3.44. The number of halogens is 1. The molecule has 0 atom stereocenters. The lowest BCUT2D eigenvalue weighted by atomic mass is 10.3. The van der Waals surface area contributed by atoms with E-state index < -0.39 is 20.4 Å². The highest BCUT2D eigenvalue weighted by Gasteiger charge is 2.30. The number of hydrogen-bond acceptors (Lipinski definition) is 2. The fourth-order valence-electron chi connectivity index (χ4n) is 0.988. The van der Waals surface area contributed by atoms with E-state index in [0.717, 1.165) is 6.07 Å². The minimum atomic E-state index is -3.44. The van der Waals surface area contributed by atoms with Gasteiger partial charge in [0.1, 0.15) is 5.82 Å². The third kappa shape index (κ3) is 1.95. The van der Waals surface area contributed by atoms with Crippen LogP contribution in [-0.4, -0.2) is 13.2 Å². The van der Waals surface area contributed by atoms with Crippen molar-refractivity contribution in [1.29, 1.82) is 0 Å². The molecule has 4 heteroatoms. The fourth-order valence-corrected chi connectivity index (χ4v) is 2.22. The van der Waals surface area contributed by atoms with Crippen LogP contribution in [-0.2, 0) is 9.84 Å². The van der Waals surface area contributed by atoms with Crippen LogP contribution >= 0.6 is 0 Å². The van der Waals surface area contributed by atoms with Crippen LogP contribution in [0.25, 0.3) is 0 Å². The number of rotatable bonds is 1. The second-order valence-electron chi connectivity index (χ2n) is 4.07. The lowest BCUT2D eigenvalue weighted by Crippen LogP contribution is -2.27. The van der Waals surface area contributed by atoms with Gasteiger partial charge in [-0.1, -0.05) is 6.07 Å². The van der Waals surface area contributed by atoms with Crippen molar-refractivity contribution in [3.8, 4) is 0 Å². The summed E-state index contributed by atoms with van der Waals surface area (Å²) in [6.45, 7) is 4.77. The Balaban J connectivity index is 3.32. The summed E-state index contributed by atoms with van der Waals surface area (Å²) in [6.07, 6.45) is 0. The van der Waals surface area contributed by atoms with E-state index in [4.69, 9.17) is 0 Å². The highest BCUT2D eigenvalue weighted by molar-refractivity contribution is 7.92. The molecule has 0 amide bonds. The Morgan fingerprint density at radius 3 is 2.21 bits per heavy atom. The molecule has 0 spiro atoms. The third-order valence-corrected chi connectivity index (χ3v) is 4.40. The van der Waals surface area contributed by atoms with Crippen molar-refractivity contribution in [3.63, 3.8) is 0 Å². The van der Waals surface area contributed by atoms with Gasteiger partial charge in [0.25, 0.3) is 0 Å². The minimum absolute atomic E-state index is 0.0324. The lowest BCUT2D eigenvalue weighted by molar-refractivity contribution is 0.557. The molecule has 0 fully saturated rings. The maximum atomic E-state index is 12.8. The van der Waals surface area contributed by atoms with Gasteiger partial charge in [0.2, 0.25) is 0 Å². The summed E-state index contributed by atoms with van der Waals surface area (Å²) < 4.78 is 35.6. The molecular formula is C10H13FO2S. The molecule has 0 aliphatic rings. The predicted molar refractivity (Wildman–Crippen MR) is 53.3 cm³/mol. The van der Waals surface area contributed by atoms with Crippen molar-refractivity contribution < 1.29 is 12.8 Å². The summed E-state index contributed by atoms with van der Waals surface area (Å²) in [6, 6.07) is 5.07. The fraction of sp³-hybridized carbons (Fsp3) is 0.400. The van der Waals surface area contributed by atoms with Crippen molar-refractivity contribution in [2.75, 3.05) is 0 Å². The molecule has 1 aromatic rings. The minimum Gasteiger partial charge on any atom is -0.223 e. The summed E-state index contributed by atoms with van der Waals surface area (Å²) in [4.78, 5) is 0.0324. The van der Waals surface area contributed by atoms with E-state index >= 15 is 0 Å². The molecule has 0 aliphatic heterocycles. The van der Waals surface area contributed by atoms with Crippen LogP contribution in [0.3, 0.4) is 0 Å². The van der Waals surface area contributed by atoms with Crippen molar-refractivity contribution >= 4 is 9.84 Å². The number of benzene rings is 1. The molecule has 0 bridgehead atoms. The van der Waals surface area contributed by atoms with E-state index in [2.05, 4.69) is 0 Å². The molecular weight excluding hydrogens is 203 g/mol. The van der Waals surface area contributed by atoms with Gasteiger partial charge in [-0.2, -0.15) is 0 Å². The first-order chi connectivity index (χ1) is 6.25. The molecule has 0 heterocycles. The molecule has 1 rings (SSSR count). The number of hydrogen-bond donors (Lipinski definition) is 0. The van der Waals surface area contributed by atoms with Gasteiger partial charge in [-0.3, -0.25) is 0 Å². The second kappa shape index (κ2) is 3.35. The van der Waals surface area contributed by atoms with Gasteiger partial charge >= 0.3 is 0 Å². The van der Waals surface area contributed by atoms with Crippen molar-refractivity contribution in [2.45, 2.75) is 30.4 Å². The maximum Gasteiger partial charge on any atom is 0.183 e. The Kier molecular flexibility index (Phi) is 2.67. The summed E-state index contributed by atoms with van der Waals surface area (Å²) in [5.41, 5.74) is 0. The van der Waals surface area contributed by atoms with Crippen LogP contribution in [0.1, 0.15) is 20.8 Å². The van der Waals surface area contributed by atoms with E-state index in [-0.39, 0.29) is 4.90 Å². The Labute approximate surface area is 83.7 Å². The summed E-state index contributed by atoms with van der Waals surface area (Å²) in [5.74, 6) is -0.532. The average molecular weight is 216 g/mol. The van der Waals surface area contributed by atoms with Crippen LogP contribution in [0.4, 0.5) is 4.39 Å². The SMILES string of the molecule is CC(C)(C)S(=O)(=O)c1cccc(F)c1. The Bertz CT molecular complexity index is 430. The highest BCUT2D eigenvalue weighted by Crippen LogP contribution is 2.24. The van der Waals surface area contributed by atoms with Crippen LogP contribution in [0.15, 0.2) is 29.2 Å². The molecule has 0 unspecified atom stereocenters. The van der Waals surface area contributed by atoms with E-state index in [9.17, 15) is 12.8 Å². The van der Waals surface area contributed by atoms with Gasteiger partial charge in [0, 0.05) is 0 Å². The molecule has 0 saturated heterocycles. The quantitative estimate of drug-likeness (QED) is 0.722. The summed E-state index contributed by atoms with van der Waals surface area (Å²) in [5, 5.41) is 0. The van der Waals surface area contributed by atoms with Crippen molar-refractivity contribution in [3.05, 3.63) is 30.1 Å². The maximum absolute atomic E-state index is 12.8. The van der Waals surface area contributed by atoms with Gasteiger partial charge in [0.15, 0.2) is 9.84 Å². The standard InChI is InChI=1S/C10H13FO2S/c1-10(2,3)14(12,13)9-6-4-5-8(11)7-9/h4-7H,1-3H3. The normalized spacial score (nSPS) is 12.9. The van der Waals surface area contributed by atoms with Crippen LogP contribution in [0.2, 0.25) is 0 Å². The molecule has 0 saturated carbocycles. The van der Waals surface area contributed by atoms with E-state index in [1.807, 2.05) is 0 Å². The molecule has 0 aromatic heterocycles. The van der Waals surface area contributed by atoms with Crippen molar-refractivity contribution in [2.24, 2.45) is 0 Å². The molecule has 0 radical (unpaired) electrons. The van der Waals surface area contributed by atoms with E-state index in [0.29, 0.717) is 0 Å². The summed E-state index contributed by atoms with van der Waals surface area (Å²) >= 11 is 0. The second-order valence-corrected chi connectivity index (χ2v) is 6.78. The zero-order valence-corrected chi connectivity index (χ0v) is 9.23. The van der Waals surface area contributed by atoms with Gasteiger partial charge in [-0.25, -0.2) is 12.8 Å². The Morgan fingerprint density at radius 2 is 1.79 bits per heavy atom. The van der Waals surface area contributed by atoms with Gasteiger partial charge in [0.05, 0.1) is 9.64 Å². The van der Waals surface area contributed by atoms with Crippen molar-refractivity contribution in [1.82, 2.24) is 0 Å². The largest absolute Gasteiger partial charge is 0.223 e. The topological polar surface area (TPSA) is 34.1 Å². The first-order valence-corrected chi connectivity index (χ1v) is 5.74. The van der Waals surface area contributed by atoms with Crippen LogP contribution < -0.4 is 0 Å². The highest BCUT2D eigenvalue weighted by atomic mass is 32.2. The number of sulfone groups is 1. The first-order valence-electron chi connectivity index (χ1n) is 4.25. The molecule has 0 N–H and O–H groups in total. The van der Waals surface area contributed by atoms with E-state index in [1.54, 1.807) is 20.8 Å². The molecule has 14 heavy (non-hydrogen) atoms. The lowest BCUT2D eigenvalue weighted by Gasteiger charge is -2.18. The Morgan fingerprint density at radius 1 is 1.21 bits per heavy atom. The molecule has 78 valence electrons. The monoisotopic (exact) mass is 216 g/mol. The zero-order chi connectivity index (χ0) is 11.0. The molecule has 1 aromatic carbocycles. The molecule has 2 nitrogen and oxygen atoms in total. The van der Waals surface area contributed by atoms with Gasteiger partial charge in [-0.05, 0) is 39.0 Å². The third-order valence-electron chi connectivity index (χ3n) is 1.91. The van der Waals surface area contributed by atoms with Gasteiger partial charge in [-0.15, -0.1) is 0 Å². The first kappa shape index (κ1) is 11.2.